The molecule has 0 aliphatic carbocycles. The van der Waals surface area contributed by atoms with E-state index in [1.807, 2.05) is 11.7 Å². The first-order chi connectivity index (χ1) is 8.66. The molecule has 1 aromatic carbocycles. The summed E-state index contributed by atoms with van der Waals surface area (Å²) in [7, 11) is 6.10. The molecule has 0 amide bonds. The lowest BCUT2D eigenvalue weighted by molar-refractivity contribution is 0.775. The summed E-state index contributed by atoms with van der Waals surface area (Å²) in [6.45, 7) is 1.02. The number of hydrogen-bond donors (Lipinski definition) is 1. The van der Waals surface area contributed by atoms with Gasteiger partial charge in [-0.15, -0.1) is 0 Å². The van der Waals surface area contributed by atoms with Crippen LogP contribution in [0.25, 0.3) is 11.3 Å². The highest BCUT2D eigenvalue weighted by atomic mass is 15.3. The van der Waals surface area contributed by atoms with Crippen LogP contribution in [0.4, 0.5) is 11.5 Å². The highest BCUT2D eigenvalue weighted by Crippen LogP contribution is 2.32. The van der Waals surface area contributed by atoms with Gasteiger partial charge in [0.25, 0.3) is 0 Å². The SMILES string of the molecule is CN(C)c1ccc(-c2nn(C)c3c2CCN3)cc1. The summed E-state index contributed by atoms with van der Waals surface area (Å²) in [4.78, 5) is 2.11. The van der Waals surface area contributed by atoms with Gasteiger partial charge in [-0.1, -0.05) is 12.1 Å². The zero-order valence-electron chi connectivity index (χ0n) is 11.1. The van der Waals surface area contributed by atoms with Gasteiger partial charge in [-0.25, -0.2) is 0 Å². The Labute approximate surface area is 107 Å². The van der Waals surface area contributed by atoms with Crippen LogP contribution in [0, 0.1) is 0 Å². The summed E-state index contributed by atoms with van der Waals surface area (Å²) in [5, 5.41) is 8.00. The molecule has 4 heteroatoms. The smallest absolute Gasteiger partial charge is 0.127 e. The van der Waals surface area contributed by atoms with Crippen molar-refractivity contribution in [2.75, 3.05) is 30.9 Å². The Balaban J connectivity index is 2.02. The molecule has 0 saturated carbocycles. The van der Waals surface area contributed by atoms with Crippen LogP contribution in [0.5, 0.6) is 0 Å². The van der Waals surface area contributed by atoms with E-state index in [1.54, 1.807) is 0 Å². The van der Waals surface area contributed by atoms with Crippen molar-refractivity contribution in [3.63, 3.8) is 0 Å². The molecule has 94 valence electrons. The van der Waals surface area contributed by atoms with Gasteiger partial charge < -0.3 is 10.2 Å². The number of aromatic nitrogens is 2. The van der Waals surface area contributed by atoms with Crippen LogP contribution in [0.2, 0.25) is 0 Å². The van der Waals surface area contributed by atoms with Gasteiger partial charge in [0.05, 0.1) is 5.69 Å². The molecule has 1 aromatic heterocycles. The van der Waals surface area contributed by atoms with Gasteiger partial charge in [0.1, 0.15) is 5.82 Å². The second-order valence-electron chi connectivity index (χ2n) is 4.92. The maximum atomic E-state index is 4.62. The van der Waals surface area contributed by atoms with Gasteiger partial charge >= 0.3 is 0 Å². The summed E-state index contributed by atoms with van der Waals surface area (Å²) in [6, 6.07) is 8.57. The van der Waals surface area contributed by atoms with E-state index < -0.39 is 0 Å². The van der Waals surface area contributed by atoms with Gasteiger partial charge in [-0.2, -0.15) is 5.10 Å². The maximum absolute atomic E-state index is 4.62. The Morgan fingerprint density at radius 2 is 1.94 bits per heavy atom. The van der Waals surface area contributed by atoms with Crippen LogP contribution >= 0.6 is 0 Å². The molecule has 0 saturated heterocycles. The number of fused-ring (bicyclic) bond motifs is 1. The molecule has 1 aliphatic rings. The number of anilines is 2. The Morgan fingerprint density at radius 3 is 2.61 bits per heavy atom. The van der Waals surface area contributed by atoms with Crippen molar-refractivity contribution in [3.8, 4) is 11.3 Å². The van der Waals surface area contributed by atoms with Crippen molar-refractivity contribution in [2.24, 2.45) is 7.05 Å². The molecule has 2 heterocycles. The highest BCUT2D eigenvalue weighted by Gasteiger charge is 2.21. The molecule has 1 aliphatic heterocycles. The number of benzene rings is 1. The van der Waals surface area contributed by atoms with Gasteiger partial charge in [-0.3, -0.25) is 4.68 Å². The highest BCUT2D eigenvalue weighted by molar-refractivity contribution is 5.72. The molecule has 0 bridgehead atoms. The first-order valence-corrected chi connectivity index (χ1v) is 6.24. The lowest BCUT2D eigenvalue weighted by Gasteiger charge is -2.12. The molecule has 0 fully saturated rings. The Morgan fingerprint density at radius 1 is 1.22 bits per heavy atom. The van der Waals surface area contributed by atoms with Crippen molar-refractivity contribution in [1.82, 2.24) is 9.78 Å². The Hall–Kier alpha value is -1.97. The van der Waals surface area contributed by atoms with Crippen LogP contribution in [0.1, 0.15) is 5.56 Å². The van der Waals surface area contributed by atoms with Crippen molar-refractivity contribution in [1.29, 1.82) is 0 Å². The van der Waals surface area contributed by atoms with E-state index in [0.29, 0.717) is 0 Å². The number of aryl methyl sites for hydroxylation is 1. The summed E-state index contributed by atoms with van der Waals surface area (Å²) < 4.78 is 1.94. The van der Waals surface area contributed by atoms with E-state index in [4.69, 9.17) is 0 Å². The number of hydrogen-bond acceptors (Lipinski definition) is 3. The van der Waals surface area contributed by atoms with Crippen molar-refractivity contribution in [3.05, 3.63) is 29.8 Å². The zero-order valence-corrected chi connectivity index (χ0v) is 11.1. The van der Waals surface area contributed by atoms with Crippen molar-refractivity contribution < 1.29 is 0 Å². The number of rotatable bonds is 2. The van der Waals surface area contributed by atoms with E-state index in [1.165, 1.54) is 22.6 Å². The molecular formula is C14H18N4. The predicted molar refractivity (Wildman–Crippen MR) is 75.2 cm³/mol. The second-order valence-corrected chi connectivity index (χ2v) is 4.92. The van der Waals surface area contributed by atoms with Crippen LogP contribution in [0.3, 0.4) is 0 Å². The fourth-order valence-corrected chi connectivity index (χ4v) is 2.48. The Bertz CT molecular complexity index is 566. The normalized spacial score (nSPS) is 13.3. The Kier molecular flexibility index (Phi) is 2.51. The summed E-state index contributed by atoms with van der Waals surface area (Å²) in [6.07, 6.45) is 1.06. The van der Waals surface area contributed by atoms with Crippen molar-refractivity contribution in [2.45, 2.75) is 6.42 Å². The third-order valence-corrected chi connectivity index (χ3v) is 3.47. The molecule has 0 atom stereocenters. The average molecular weight is 242 g/mol. The van der Waals surface area contributed by atoms with Gasteiger partial charge in [0, 0.05) is 44.5 Å². The minimum absolute atomic E-state index is 1.02. The fourth-order valence-electron chi connectivity index (χ4n) is 2.48. The summed E-state index contributed by atoms with van der Waals surface area (Å²) in [5.41, 5.74) is 4.86. The van der Waals surface area contributed by atoms with Crippen LogP contribution in [-0.2, 0) is 13.5 Å². The van der Waals surface area contributed by atoms with E-state index in [-0.39, 0.29) is 0 Å². The van der Waals surface area contributed by atoms with Crippen molar-refractivity contribution >= 4 is 11.5 Å². The molecule has 2 aromatic rings. The lowest BCUT2D eigenvalue weighted by Crippen LogP contribution is -2.08. The minimum Gasteiger partial charge on any atom is -0.378 e. The average Bonchev–Trinajstić information content (AvgIpc) is 2.94. The molecule has 0 spiro atoms. The topological polar surface area (TPSA) is 33.1 Å². The van der Waals surface area contributed by atoms with Gasteiger partial charge in [-0.05, 0) is 18.6 Å². The molecule has 1 N–H and O–H groups in total. The second kappa shape index (κ2) is 4.05. The molecule has 3 rings (SSSR count). The van der Waals surface area contributed by atoms with Crippen LogP contribution in [-0.4, -0.2) is 30.4 Å². The monoisotopic (exact) mass is 242 g/mol. The molecule has 18 heavy (non-hydrogen) atoms. The standard InChI is InChI=1S/C14H18N4/c1-17(2)11-6-4-10(5-7-11)13-12-8-9-15-14(12)18(3)16-13/h4-7,15H,8-9H2,1-3H3. The minimum atomic E-state index is 1.02. The predicted octanol–water partition coefficient (Wildman–Crippen LogP) is 2.12. The summed E-state index contributed by atoms with van der Waals surface area (Å²) in [5.74, 6) is 1.17. The first-order valence-electron chi connectivity index (χ1n) is 6.24. The van der Waals surface area contributed by atoms with Crippen LogP contribution in [0.15, 0.2) is 24.3 Å². The molecule has 0 radical (unpaired) electrons. The van der Waals surface area contributed by atoms with Gasteiger partial charge in [0.2, 0.25) is 0 Å². The number of nitrogens with one attached hydrogen (secondary N) is 1. The fraction of sp³-hybridized carbons (Fsp3) is 0.357. The maximum Gasteiger partial charge on any atom is 0.127 e. The van der Waals surface area contributed by atoms with E-state index in [9.17, 15) is 0 Å². The summed E-state index contributed by atoms with van der Waals surface area (Å²) >= 11 is 0. The van der Waals surface area contributed by atoms with E-state index in [0.717, 1.165) is 18.7 Å². The van der Waals surface area contributed by atoms with E-state index in [2.05, 4.69) is 53.7 Å². The first kappa shape index (κ1) is 11.1. The van der Waals surface area contributed by atoms with Crippen LogP contribution < -0.4 is 10.2 Å². The zero-order chi connectivity index (χ0) is 12.7. The number of nitrogens with zero attached hydrogens (tertiary/aromatic N) is 3. The third-order valence-electron chi connectivity index (χ3n) is 3.47. The largest absolute Gasteiger partial charge is 0.378 e. The molecular weight excluding hydrogens is 224 g/mol. The molecule has 0 unspecified atom stereocenters. The third kappa shape index (κ3) is 1.65. The quantitative estimate of drug-likeness (QED) is 0.875. The van der Waals surface area contributed by atoms with Gasteiger partial charge in [0.15, 0.2) is 0 Å². The molecule has 4 nitrogen and oxygen atoms in total. The van der Waals surface area contributed by atoms with E-state index >= 15 is 0 Å². The lowest BCUT2D eigenvalue weighted by atomic mass is 10.1.